The van der Waals surface area contributed by atoms with Crippen molar-refractivity contribution in [2.75, 3.05) is 78.5 Å². The van der Waals surface area contributed by atoms with E-state index in [4.69, 9.17) is 105 Å². The molecule has 0 amide bonds. The monoisotopic (exact) mass is 1260 g/mol. The Kier molecular flexibility index (Phi) is 53.8. The van der Waals surface area contributed by atoms with Gasteiger partial charge in [-0.2, -0.15) is 15.3 Å². The number of aromatic amines is 6. The second-order valence-electron chi connectivity index (χ2n) is 14.2. The Bertz CT molecular complexity index is 2090. The largest absolute Gasteiger partial charge is 0.759 e. The maximum Gasteiger partial charge on any atom is 0.259 e. The molecule has 44 nitrogen and oxygen atoms in total. The van der Waals surface area contributed by atoms with E-state index in [0.29, 0.717) is 0 Å². The molecular formula is C27H72N14O30S6. The summed E-state index contributed by atoms with van der Waals surface area (Å²) in [6, 6.07) is 6.91. The minimum absolute atomic E-state index is 0. The second kappa shape index (κ2) is 46.1. The van der Waals surface area contributed by atoms with Gasteiger partial charge in [0, 0.05) is 88.7 Å². The Labute approximate surface area is 441 Å². The SMILES string of the molecule is O.O.O.O.O.O.O=S(=O)([O-])O.O=S(=O)([O-])O.O=S(=O)([O-])O.O=S(=O)([O-])[O-].O=S(=O)([O-])[O-].O=S(=O)([O-])[O-].c1c2[nH][nH+]c1C[NH2+]CCN1CC[NH2+]Cc3cc([nH][nH+]3)C[NH2+]CCN(CC[NH2+]C2)CC[NH2+]Cc2cc([nH+][nH]2)C[NH2+]CC1. The van der Waals surface area contributed by atoms with Gasteiger partial charge in [0.2, 0.25) is 31.2 Å². The van der Waals surface area contributed by atoms with Gasteiger partial charge in [-0.1, -0.05) is 0 Å². The van der Waals surface area contributed by atoms with Crippen LogP contribution < -0.4 is 47.2 Å². The minimum Gasteiger partial charge on any atom is -0.759 e. The van der Waals surface area contributed by atoms with Gasteiger partial charge < -0.3 is 106 Å². The lowest BCUT2D eigenvalue weighted by atomic mass is 10.3. The normalized spacial score (nSPS) is 17.1. The van der Waals surface area contributed by atoms with Crippen molar-refractivity contribution in [2.24, 2.45) is 0 Å². The average Bonchev–Trinajstić information content (AvgIpc) is 3.92. The van der Waals surface area contributed by atoms with E-state index in [1.54, 1.807) is 0 Å². The maximum atomic E-state index is 8.63. The van der Waals surface area contributed by atoms with Crippen LogP contribution in [0.2, 0.25) is 0 Å². The number of H-pyrrole nitrogens is 6. The van der Waals surface area contributed by atoms with Gasteiger partial charge in [0.05, 0.1) is 39.3 Å². The number of nitrogens with zero attached hydrogens (tertiary/aromatic N) is 2. The zero-order valence-corrected chi connectivity index (χ0v) is 45.1. The van der Waals surface area contributed by atoms with Gasteiger partial charge in [0.15, 0.2) is 19.6 Å². The Morgan fingerprint density at radius 2 is 0.494 bits per heavy atom. The number of hydrogen-bond acceptors (Lipinski definition) is 23. The summed E-state index contributed by atoms with van der Waals surface area (Å²) >= 11 is 0. The topological polar surface area (TPSA) is 858 Å². The number of aromatic nitrogens is 6. The molecule has 0 radical (unpaired) electrons. The molecule has 0 aromatic carbocycles. The molecule has 0 aliphatic carbocycles. The van der Waals surface area contributed by atoms with Crippen LogP contribution in [-0.2, 0) is 102 Å². The lowest BCUT2D eigenvalue weighted by molar-refractivity contribution is -0.692. The Morgan fingerprint density at radius 3 is 0.649 bits per heavy atom. The van der Waals surface area contributed by atoms with Gasteiger partial charge in [-0.3, -0.25) is 48.7 Å². The predicted molar refractivity (Wildman–Crippen MR) is 238 cm³/mol. The number of nitrogens with one attached hydrogen (secondary N) is 6. The molecule has 0 saturated carbocycles. The summed E-state index contributed by atoms with van der Waals surface area (Å²) in [5.74, 6) is 0. The molecule has 0 fully saturated rings. The lowest BCUT2D eigenvalue weighted by Crippen LogP contribution is -2.87. The van der Waals surface area contributed by atoms with Crippen molar-refractivity contribution in [2.45, 2.75) is 39.3 Å². The molecule has 0 spiro atoms. The first-order chi connectivity index (χ1) is 32.3. The highest BCUT2D eigenvalue weighted by Gasteiger charge is 2.17. The second-order valence-corrected chi connectivity index (χ2v) is 19.2. The molecule has 50 heteroatoms. The highest BCUT2D eigenvalue weighted by molar-refractivity contribution is 7.80. The van der Waals surface area contributed by atoms with Crippen LogP contribution in [0.25, 0.3) is 0 Å². The van der Waals surface area contributed by atoms with E-state index < -0.39 is 62.4 Å². The molecule has 6 rings (SSSR count). The number of fused-ring (bicyclic) bond motifs is 18. The molecule has 3 aromatic rings. The first-order valence-corrected chi connectivity index (χ1v) is 28.0. The van der Waals surface area contributed by atoms with E-state index in [1.807, 2.05) is 0 Å². The van der Waals surface area contributed by atoms with Gasteiger partial charge >= 0.3 is 0 Å². The minimum atomic E-state index is -5.17. The third kappa shape index (κ3) is 83.8. The number of hydrogen-bond donors (Lipinski definition) is 12. The summed E-state index contributed by atoms with van der Waals surface area (Å²) in [5, 5.41) is 35.0. The van der Waals surface area contributed by atoms with Crippen molar-refractivity contribution in [1.82, 2.24) is 25.1 Å². The molecule has 8 bridgehead atoms. The number of rotatable bonds is 0. The van der Waals surface area contributed by atoms with Crippen molar-refractivity contribution in [1.29, 1.82) is 0 Å². The molecule has 3 aliphatic heterocycles. The fraction of sp³-hybridized carbons (Fsp3) is 0.667. The van der Waals surface area contributed by atoms with Crippen LogP contribution in [0.4, 0.5) is 0 Å². The first-order valence-electron chi connectivity index (χ1n) is 19.9. The van der Waals surface area contributed by atoms with Crippen molar-refractivity contribution >= 4 is 62.4 Å². The van der Waals surface area contributed by atoms with E-state index in [2.05, 4.69) is 90.5 Å². The summed E-state index contributed by atoms with van der Waals surface area (Å²) < 4.78 is 201. The fourth-order valence-corrected chi connectivity index (χ4v) is 5.85. The summed E-state index contributed by atoms with van der Waals surface area (Å²) in [5.41, 5.74) is 7.68. The molecule has 6 heterocycles. The highest BCUT2D eigenvalue weighted by Crippen LogP contribution is 1.94. The summed E-state index contributed by atoms with van der Waals surface area (Å²) in [6.45, 7) is 19.2. The van der Waals surface area contributed by atoms with Crippen molar-refractivity contribution in [3.05, 3.63) is 52.4 Å². The van der Waals surface area contributed by atoms with E-state index >= 15 is 0 Å². The smallest absolute Gasteiger partial charge is 0.259 e. The summed E-state index contributed by atoms with van der Waals surface area (Å²) in [6.07, 6.45) is 0. The summed E-state index contributed by atoms with van der Waals surface area (Å²) in [7, 11) is -30.2. The molecular weight excluding hydrogens is 1190 g/mol. The van der Waals surface area contributed by atoms with E-state index in [1.165, 1.54) is 34.2 Å². The van der Waals surface area contributed by atoms with Crippen molar-refractivity contribution in [3.8, 4) is 0 Å². The van der Waals surface area contributed by atoms with E-state index in [0.717, 1.165) is 118 Å². The van der Waals surface area contributed by atoms with E-state index in [-0.39, 0.29) is 32.9 Å². The molecule has 3 aromatic heterocycles. The zero-order chi connectivity index (χ0) is 55.0. The van der Waals surface area contributed by atoms with E-state index in [9.17, 15) is 0 Å². The molecule has 0 unspecified atom stereocenters. The molecule has 0 saturated heterocycles. The Hall–Kier alpha value is -3.71. The van der Waals surface area contributed by atoms with Crippen LogP contribution in [0.1, 0.15) is 34.2 Å². The van der Waals surface area contributed by atoms with Crippen LogP contribution in [0, 0.1) is 0 Å². The fourth-order valence-electron chi connectivity index (χ4n) is 5.85. The van der Waals surface area contributed by atoms with Crippen LogP contribution >= 0.6 is 0 Å². The molecule has 466 valence electrons. The molecule has 77 heavy (non-hydrogen) atoms. The van der Waals surface area contributed by atoms with Gasteiger partial charge in [0.1, 0.15) is 36.7 Å². The Morgan fingerprint density at radius 1 is 0.351 bits per heavy atom. The summed E-state index contributed by atoms with van der Waals surface area (Å²) in [4.78, 5) is 5.26. The van der Waals surface area contributed by atoms with Crippen LogP contribution in [0.15, 0.2) is 18.2 Å². The van der Waals surface area contributed by atoms with Crippen LogP contribution in [0.3, 0.4) is 0 Å². The molecule has 3 aliphatic rings. The lowest BCUT2D eigenvalue weighted by Gasteiger charge is -2.19. The van der Waals surface area contributed by atoms with Crippen LogP contribution in [0.5, 0.6) is 0 Å². The van der Waals surface area contributed by atoms with Crippen molar-refractivity contribution < 1.29 is 185 Å². The first kappa shape index (κ1) is 89.8. The van der Waals surface area contributed by atoms with Crippen molar-refractivity contribution in [3.63, 3.8) is 0 Å². The molecule has 0 atom stereocenters. The average molecular weight is 1270 g/mol. The quantitative estimate of drug-likeness (QED) is 0.0734. The highest BCUT2D eigenvalue weighted by atomic mass is 32.3. The van der Waals surface area contributed by atoms with Gasteiger partial charge in [-0.05, 0) is 0 Å². The van der Waals surface area contributed by atoms with Gasteiger partial charge in [-0.15, -0.1) is 15.3 Å². The van der Waals surface area contributed by atoms with Gasteiger partial charge in [0.25, 0.3) is 17.1 Å². The Balaban J connectivity index is -0.000000182. The zero-order valence-electron chi connectivity index (χ0n) is 40.2. The maximum absolute atomic E-state index is 8.63. The third-order valence-electron chi connectivity index (χ3n) is 8.28. The molecule has 33 N–H and O–H groups in total. The third-order valence-corrected chi connectivity index (χ3v) is 8.28. The predicted octanol–water partition coefficient (Wildman–Crippen LogP) is -21.4. The van der Waals surface area contributed by atoms with Crippen LogP contribution in [-0.4, -0.2) is 242 Å². The number of quaternary nitrogens is 6. The number of nitrogens with two attached hydrogens (primary N) is 6. The van der Waals surface area contributed by atoms with Gasteiger partial charge in [-0.25, -0.2) is 25.3 Å². The standard InChI is InChI=1S/C27H48N14.6H2O4S.6H2O/c1-7-40-8-2-29-18-24-14-26(38-36-24)20-32-5-11-41(10-4-31-17-23-13-22(16-28-1)34-35-23)12-6-33-21-27-15-25(37-39-27)19-30-3-9-40;6*1-5(2,3)4;;;;;;/h13-15,28-33H,1-12,16-21H2,(H,34,35)(H,36,38)(H,37,39);6*(H2,1,2,3,4);6*1H2.